The summed E-state index contributed by atoms with van der Waals surface area (Å²) in [7, 11) is -4.53. The van der Waals surface area contributed by atoms with Gasteiger partial charge in [0.1, 0.15) is 16.5 Å². The van der Waals surface area contributed by atoms with Gasteiger partial charge in [0.25, 0.3) is 10.0 Å². The van der Waals surface area contributed by atoms with Crippen LogP contribution in [-0.2, 0) is 10.0 Å². The zero-order valence-electron chi connectivity index (χ0n) is 10.6. The van der Waals surface area contributed by atoms with Crippen LogP contribution in [0.25, 0.3) is 0 Å². The second kappa shape index (κ2) is 5.64. The molecule has 0 radical (unpaired) electrons. The number of hydrogen-bond donors (Lipinski definition) is 1. The summed E-state index contributed by atoms with van der Waals surface area (Å²) in [6.45, 7) is 0. The Morgan fingerprint density at radius 3 is 2.27 bits per heavy atom. The van der Waals surface area contributed by atoms with E-state index in [0.717, 1.165) is 12.1 Å². The van der Waals surface area contributed by atoms with Crippen molar-refractivity contribution in [3.8, 4) is 0 Å². The van der Waals surface area contributed by atoms with Crippen LogP contribution in [0.4, 0.5) is 24.5 Å². The van der Waals surface area contributed by atoms with E-state index in [1.807, 2.05) is 4.72 Å². The molecular formula is C12H7F3N2O4S. The summed E-state index contributed by atoms with van der Waals surface area (Å²) >= 11 is 0. The number of halogens is 3. The van der Waals surface area contributed by atoms with Crippen molar-refractivity contribution in [2.24, 2.45) is 0 Å². The van der Waals surface area contributed by atoms with Gasteiger partial charge in [0.05, 0.1) is 10.6 Å². The van der Waals surface area contributed by atoms with E-state index >= 15 is 0 Å². The Hall–Kier alpha value is -2.62. The summed E-state index contributed by atoms with van der Waals surface area (Å²) in [5, 5.41) is 10.6. The van der Waals surface area contributed by atoms with Gasteiger partial charge in [-0.1, -0.05) is 0 Å². The first-order valence-corrected chi connectivity index (χ1v) is 7.11. The summed E-state index contributed by atoms with van der Waals surface area (Å²) < 4.78 is 65.4. The minimum Gasteiger partial charge on any atom is -0.279 e. The Morgan fingerprint density at radius 2 is 1.64 bits per heavy atom. The first-order chi connectivity index (χ1) is 10.2. The Kier molecular flexibility index (Phi) is 4.04. The fraction of sp³-hybridized carbons (Fsp3) is 0. The summed E-state index contributed by atoms with van der Waals surface area (Å²) in [5.74, 6) is -3.35. The van der Waals surface area contributed by atoms with Gasteiger partial charge in [0.2, 0.25) is 5.82 Å². The molecule has 0 aromatic heterocycles. The predicted octanol–water partition coefficient (Wildman–Crippen LogP) is 2.81. The van der Waals surface area contributed by atoms with E-state index in [1.54, 1.807) is 0 Å². The summed E-state index contributed by atoms with van der Waals surface area (Å²) in [4.78, 5) is 8.57. The molecule has 0 saturated carbocycles. The van der Waals surface area contributed by atoms with E-state index in [9.17, 15) is 31.7 Å². The van der Waals surface area contributed by atoms with Crippen molar-refractivity contribution in [2.75, 3.05) is 4.72 Å². The van der Waals surface area contributed by atoms with Gasteiger partial charge in [0, 0.05) is 6.07 Å². The molecule has 0 bridgehead atoms. The van der Waals surface area contributed by atoms with Crippen LogP contribution in [0.15, 0.2) is 41.3 Å². The summed E-state index contributed by atoms with van der Waals surface area (Å²) in [5.41, 5.74) is -1.32. The van der Waals surface area contributed by atoms with Crippen molar-refractivity contribution in [3.63, 3.8) is 0 Å². The highest BCUT2D eigenvalue weighted by molar-refractivity contribution is 7.92. The molecule has 0 amide bonds. The minimum atomic E-state index is -4.53. The van der Waals surface area contributed by atoms with Gasteiger partial charge >= 0.3 is 5.69 Å². The van der Waals surface area contributed by atoms with Crippen LogP contribution in [0.3, 0.4) is 0 Å². The van der Waals surface area contributed by atoms with Crippen LogP contribution >= 0.6 is 0 Å². The standard InChI is InChI=1S/C12H7F3N2O4S/c13-7-1-3-10(15)12(5-7)22(20,21)16-8-2-4-9(14)11(6-8)17(18)19/h1-6,16H. The average Bonchev–Trinajstić information content (AvgIpc) is 2.43. The van der Waals surface area contributed by atoms with Gasteiger partial charge in [-0.15, -0.1) is 0 Å². The molecule has 0 atom stereocenters. The number of anilines is 1. The van der Waals surface area contributed by atoms with Crippen LogP contribution in [0.1, 0.15) is 0 Å². The Bertz CT molecular complexity index is 855. The van der Waals surface area contributed by atoms with Crippen molar-refractivity contribution in [1.82, 2.24) is 0 Å². The molecule has 0 saturated heterocycles. The van der Waals surface area contributed by atoms with Gasteiger partial charge in [-0.05, 0) is 30.3 Å². The number of nitro groups is 1. The van der Waals surface area contributed by atoms with Crippen LogP contribution in [-0.4, -0.2) is 13.3 Å². The molecule has 22 heavy (non-hydrogen) atoms. The predicted molar refractivity (Wildman–Crippen MR) is 70.2 cm³/mol. The molecule has 0 aliphatic heterocycles. The van der Waals surface area contributed by atoms with Crippen LogP contribution in [0.5, 0.6) is 0 Å². The third-order valence-electron chi connectivity index (χ3n) is 2.58. The minimum absolute atomic E-state index is 0.364. The zero-order valence-corrected chi connectivity index (χ0v) is 11.4. The van der Waals surface area contributed by atoms with Gasteiger partial charge in [-0.2, -0.15) is 4.39 Å². The van der Waals surface area contributed by atoms with E-state index in [4.69, 9.17) is 0 Å². The van der Waals surface area contributed by atoms with E-state index in [1.165, 1.54) is 0 Å². The molecule has 2 rings (SSSR count). The number of hydrogen-bond acceptors (Lipinski definition) is 4. The van der Waals surface area contributed by atoms with Crippen LogP contribution in [0.2, 0.25) is 0 Å². The van der Waals surface area contributed by atoms with Gasteiger partial charge in [-0.25, -0.2) is 17.2 Å². The second-order valence-corrected chi connectivity index (χ2v) is 5.75. The molecule has 2 aromatic carbocycles. The molecule has 0 aliphatic carbocycles. The Morgan fingerprint density at radius 1 is 1.00 bits per heavy atom. The largest absolute Gasteiger partial charge is 0.306 e. The molecule has 116 valence electrons. The van der Waals surface area contributed by atoms with Crippen molar-refractivity contribution in [2.45, 2.75) is 4.90 Å². The van der Waals surface area contributed by atoms with Crippen molar-refractivity contribution >= 4 is 21.4 Å². The summed E-state index contributed by atoms with van der Waals surface area (Å²) in [6.07, 6.45) is 0. The van der Waals surface area contributed by atoms with Gasteiger partial charge < -0.3 is 0 Å². The lowest BCUT2D eigenvalue weighted by molar-refractivity contribution is -0.387. The molecule has 6 nitrogen and oxygen atoms in total. The maximum atomic E-state index is 13.5. The Labute approximate surface area is 122 Å². The van der Waals surface area contributed by atoms with Gasteiger partial charge in [0.15, 0.2) is 0 Å². The van der Waals surface area contributed by atoms with Crippen LogP contribution in [0, 0.1) is 27.6 Å². The zero-order chi connectivity index (χ0) is 16.5. The summed E-state index contributed by atoms with van der Waals surface area (Å²) in [6, 6.07) is 4.03. The third kappa shape index (κ3) is 3.17. The highest BCUT2D eigenvalue weighted by Crippen LogP contribution is 2.25. The molecule has 2 aromatic rings. The lowest BCUT2D eigenvalue weighted by Gasteiger charge is -2.09. The molecule has 0 fully saturated rings. The Balaban J connectivity index is 2.43. The van der Waals surface area contributed by atoms with Gasteiger partial charge in [-0.3, -0.25) is 14.8 Å². The SMILES string of the molecule is O=[N+]([O-])c1cc(NS(=O)(=O)c2cc(F)ccc2F)ccc1F. The first-order valence-electron chi connectivity index (χ1n) is 5.62. The molecule has 0 unspecified atom stereocenters. The highest BCUT2D eigenvalue weighted by atomic mass is 32.2. The lowest BCUT2D eigenvalue weighted by Crippen LogP contribution is -2.15. The van der Waals surface area contributed by atoms with Crippen molar-refractivity contribution in [1.29, 1.82) is 0 Å². The smallest absolute Gasteiger partial charge is 0.279 e. The molecule has 0 heterocycles. The van der Waals surface area contributed by atoms with Crippen molar-refractivity contribution in [3.05, 3.63) is 64.0 Å². The molecule has 0 spiro atoms. The topological polar surface area (TPSA) is 89.3 Å². The van der Waals surface area contributed by atoms with E-state index < -0.39 is 43.0 Å². The van der Waals surface area contributed by atoms with E-state index in [-0.39, 0.29) is 5.69 Å². The lowest BCUT2D eigenvalue weighted by atomic mass is 10.3. The number of nitro benzene ring substituents is 1. The van der Waals surface area contributed by atoms with E-state index in [2.05, 4.69) is 0 Å². The number of sulfonamides is 1. The monoisotopic (exact) mass is 332 g/mol. The number of nitrogens with zero attached hydrogens (tertiary/aromatic N) is 1. The quantitative estimate of drug-likeness (QED) is 0.689. The number of nitrogens with one attached hydrogen (secondary N) is 1. The van der Waals surface area contributed by atoms with Crippen molar-refractivity contribution < 1.29 is 26.5 Å². The van der Waals surface area contributed by atoms with E-state index in [0.29, 0.717) is 24.3 Å². The molecule has 10 heteroatoms. The highest BCUT2D eigenvalue weighted by Gasteiger charge is 2.22. The molecular weight excluding hydrogens is 325 g/mol. The maximum Gasteiger partial charge on any atom is 0.306 e. The normalized spacial score (nSPS) is 11.2. The second-order valence-electron chi connectivity index (χ2n) is 4.10. The molecule has 0 aliphatic rings. The fourth-order valence-corrected chi connectivity index (χ4v) is 2.75. The van der Waals surface area contributed by atoms with Crippen LogP contribution < -0.4 is 4.72 Å². The first kappa shape index (κ1) is 15.8. The third-order valence-corrected chi connectivity index (χ3v) is 3.97. The number of rotatable bonds is 4. The maximum absolute atomic E-state index is 13.5. The fourth-order valence-electron chi connectivity index (χ4n) is 1.61. The number of benzene rings is 2. The molecule has 1 N–H and O–H groups in total. The average molecular weight is 332 g/mol.